The highest BCUT2D eigenvalue weighted by molar-refractivity contribution is 5.86. The van der Waals surface area contributed by atoms with Crippen LogP contribution >= 0.6 is 0 Å². The van der Waals surface area contributed by atoms with Crippen LogP contribution in [0.25, 0.3) is 0 Å². The lowest BCUT2D eigenvalue weighted by Gasteiger charge is -2.37. The van der Waals surface area contributed by atoms with Gasteiger partial charge in [-0.3, -0.25) is 4.79 Å². The van der Waals surface area contributed by atoms with Gasteiger partial charge in [-0.15, -0.1) is 0 Å². The Morgan fingerprint density at radius 2 is 1.90 bits per heavy atom. The molecule has 3 heteroatoms. The van der Waals surface area contributed by atoms with Gasteiger partial charge in [0.1, 0.15) is 0 Å². The molecule has 2 saturated carbocycles. The second-order valence-corrected chi connectivity index (χ2v) is 8.35. The molecule has 2 unspecified atom stereocenters. The molecule has 2 aliphatic rings. The Balaban J connectivity index is 1.92. The third-order valence-electron chi connectivity index (χ3n) is 5.61. The van der Waals surface area contributed by atoms with E-state index in [0.717, 1.165) is 25.8 Å². The average molecular weight is 294 g/mol. The Labute approximate surface area is 130 Å². The van der Waals surface area contributed by atoms with E-state index in [0.29, 0.717) is 17.3 Å². The van der Waals surface area contributed by atoms with Gasteiger partial charge in [-0.25, -0.2) is 0 Å². The number of nitrogens with one attached hydrogen (secondary N) is 1. The molecule has 21 heavy (non-hydrogen) atoms. The fourth-order valence-electron chi connectivity index (χ4n) is 4.69. The molecule has 2 aliphatic carbocycles. The number of carbonyl (C=O) groups excluding carboxylic acids is 1. The molecule has 3 nitrogen and oxygen atoms in total. The zero-order chi connectivity index (χ0) is 15.5. The van der Waals surface area contributed by atoms with Crippen molar-refractivity contribution in [3.05, 3.63) is 0 Å². The largest absolute Gasteiger partial charge is 0.354 e. The molecule has 0 aromatic rings. The first-order valence-electron chi connectivity index (χ1n) is 8.92. The highest BCUT2D eigenvalue weighted by Gasteiger charge is 2.40. The van der Waals surface area contributed by atoms with Gasteiger partial charge in [0.05, 0.1) is 5.54 Å². The molecule has 0 heterocycles. The zero-order valence-corrected chi connectivity index (χ0v) is 14.2. The van der Waals surface area contributed by atoms with E-state index in [9.17, 15) is 4.79 Å². The molecular formula is C18H34N2O. The topological polar surface area (TPSA) is 55.1 Å². The van der Waals surface area contributed by atoms with E-state index in [4.69, 9.17) is 5.73 Å². The summed E-state index contributed by atoms with van der Waals surface area (Å²) in [6.07, 6.45) is 10.4. The molecule has 0 spiro atoms. The van der Waals surface area contributed by atoms with Crippen molar-refractivity contribution in [3.63, 3.8) is 0 Å². The first-order valence-corrected chi connectivity index (χ1v) is 8.92. The lowest BCUT2D eigenvalue weighted by Crippen LogP contribution is -2.57. The van der Waals surface area contributed by atoms with Gasteiger partial charge in [0.2, 0.25) is 5.91 Å². The van der Waals surface area contributed by atoms with Crippen molar-refractivity contribution in [2.45, 2.75) is 84.1 Å². The van der Waals surface area contributed by atoms with Crippen LogP contribution in [0.1, 0.15) is 78.6 Å². The minimum Gasteiger partial charge on any atom is -0.354 e. The molecule has 0 saturated heterocycles. The predicted molar refractivity (Wildman–Crippen MR) is 87.9 cm³/mol. The second kappa shape index (κ2) is 6.68. The smallest absolute Gasteiger partial charge is 0.240 e. The summed E-state index contributed by atoms with van der Waals surface area (Å²) in [7, 11) is 0. The molecule has 0 bridgehead atoms. The Bertz CT molecular complexity index is 360. The van der Waals surface area contributed by atoms with Crippen molar-refractivity contribution in [1.82, 2.24) is 5.32 Å². The molecule has 1 amide bonds. The van der Waals surface area contributed by atoms with Gasteiger partial charge in [0.25, 0.3) is 0 Å². The molecule has 2 atom stereocenters. The van der Waals surface area contributed by atoms with Crippen molar-refractivity contribution in [2.75, 3.05) is 6.54 Å². The quantitative estimate of drug-likeness (QED) is 0.813. The molecular weight excluding hydrogens is 260 g/mol. The summed E-state index contributed by atoms with van der Waals surface area (Å²) in [4.78, 5) is 12.6. The maximum Gasteiger partial charge on any atom is 0.240 e. The summed E-state index contributed by atoms with van der Waals surface area (Å²) in [6, 6.07) is 0. The van der Waals surface area contributed by atoms with Crippen molar-refractivity contribution in [3.8, 4) is 0 Å². The van der Waals surface area contributed by atoms with Crippen LogP contribution in [-0.4, -0.2) is 18.0 Å². The SMILES string of the molecule is CC(C)CC1(CNC(=O)C2(N)CCCC(C)C2)CCCC1. The van der Waals surface area contributed by atoms with Crippen LogP contribution in [0.3, 0.4) is 0 Å². The second-order valence-electron chi connectivity index (χ2n) is 8.35. The van der Waals surface area contributed by atoms with Crippen molar-refractivity contribution >= 4 is 5.91 Å². The number of nitrogens with two attached hydrogens (primary N) is 1. The van der Waals surface area contributed by atoms with Gasteiger partial charge in [-0.1, -0.05) is 46.5 Å². The molecule has 0 aromatic heterocycles. The molecule has 2 rings (SSSR count). The number of rotatable bonds is 5. The Morgan fingerprint density at radius 3 is 2.48 bits per heavy atom. The number of carbonyl (C=O) groups is 1. The van der Waals surface area contributed by atoms with E-state index in [1.807, 2.05) is 0 Å². The van der Waals surface area contributed by atoms with Crippen LogP contribution in [0.4, 0.5) is 0 Å². The number of hydrogen-bond acceptors (Lipinski definition) is 2. The van der Waals surface area contributed by atoms with Crippen LogP contribution in [0.2, 0.25) is 0 Å². The summed E-state index contributed by atoms with van der Waals surface area (Å²) < 4.78 is 0. The minimum atomic E-state index is -0.616. The van der Waals surface area contributed by atoms with Gasteiger partial charge in [0, 0.05) is 6.54 Å². The van der Waals surface area contributed by atoms with Crippen LogP contribution in [0.5, 0.6) is 0 Å². The monoisotopic (exact) mass is 294 g/mol. The first kappa shape index (κ1) is 16.8. The lowest BCUT2D eigenvalue weighted by molar-refractivity contribution is -0.128. The summed E-state index contributed by atoms with van der Waals surface area (Å²) >= 11 is 0. The van der Waals surface area contributed by atoms with Gasteiger partial charge >= 0.3 is 0 Å². The highest BCUT2D eigenvalue weighted by Crippen LogP contribution is 2.42. The van der Waals surface area contributed by atoms with Crippen LogP contribution < -0.4 is 11.1 Å². The normalized spacial score (nSPS) is 32.3. The van der Waals surface area contributed by atoms with Gasteiger partial charge in [-0.05, 0) is 49.4 Å². The minimum absolute atomic E-state index is 0.101. The van der Waals surface area contributed by atoms with Crippen LogP contribution in [0.15, 0.2) is 0 Å². The molecule has 3 N–H and O–H groups in total. The van der Waals surface area contributed by atoms with E-state index in [1.165, 1.54) is 38.5 Å². The molecule has 2 fully saturated rings. The summed E-state index contributed by atoms with van der Waals surface area (Å²) in [5.74, 6) is 1.37. The van der Waals surface area contributed by atoms with Crippen molar-refractivity contribution in [1.29, 1.82) is 0 Å². The fourth-order valence-corrected chi connectivity index (χ4v) is 4.69. The van der Waals surface area contributed by atoms with Crippen molar-refractivity contribution in [2.24, 2.45) is 23.0 Å². The molecule has 122 valence electrons. The Hall–Kier alpha value is -0.570. The van der Waals surface area contributed by atoms with E-state index in [1.54, 1.807) is 0 Å². The molecule has 0 radical (unpaired) electrons. The fraction of sp³-hybridized carbons (Fsp3) is 0.944. The zero-order valence-electron chi connectivity index (χ0n) is 14.2. The third kappa shape index (κ3) is 4.21. The van der Waals surface area contributed by atoms with E-state index in [-0.39, 0.29) is 5.91 Å². The number of amides is 1. The summed E-state index contributed by atoms with van der Waals surface area (Å²) in [5.41, 5.74) is 6.13. The van der Waals surface area contributed by atoms with Crippen molar-refractivity contribution < 1.29 is 4.79 Å². The number of hydrogen-bond donors (Lipinski definition) is 2. The van der Waals surface area contributed by atoms with E-state index >= 15 is 0 Å². The van der Waals surface area contributed by atoms with Gasteiger partial charge in [0.15, 0.2) is 0 Å². The predicted octanol–water partition coefficient (Wildman–Crippen LogP) is 3.62. The van der Waals surface area contributed by atoms with Gasteiger partial charge < -0.3 is 11.1 Å². The van der Waals surface area contributed by atoms with E-state index < -0.39 is 5.54 Å². The van der Waals surface area contributed by atoms with Crippen LogP contribution in [0, 0.1) is 17.3 Å². The maximum atomic E-state index is 12.6. The lowest BCUT2D eigenvalue weighted by atomic mass is 9.75. The maximum absolute atomic E-state index is 12.6. The average Bonchev–Trinajstić information content (AvgIpc) is 2.83. The molecule has 0 aromatic carbocycles. The summed E-state index contributed by atoms with van der Waals surface area (Å²) in [5, 5.41) is 3.24. The third-order valence-corrected chi connectivity index (χ3v) is 5.61. The van der Waals surface area contributed by atoms with E-state index in [2.05, 4.69) is 26.1 Å². The standard InChI is InChI=1S/C18H34N2O/c1-14(2)11-17(8-4-5-9-17)13-20-16(21)18(19)10-6-7-15(3)12-18/h14-15H,4-13,19H2,1-3H3,(H,20,21). The highest BCUT2D eigenvalue weighted by atomic mass is 16.2. The first-order chi connectivity index (χ1) is 9.85. The van der Waals surface area contributed by atoms with Gasteiger partial charge in [-0.2, -0.15) is 0 Å². The summed E-state index contributed by atoms with van der Waals surface area (Å²) in [6.45, 7) is 7.62. The Morgan fingerprint density at radius 1 is 1.24 bits per heavy atom. The Kier molecular flexibility index (Phi) is 5.34. The van der Waals surface area contributed by atoms with Crippen LogP contribution in [-0.2, 0) is 4.79 Å². The molecule has 0 aliphatic heterocycles.